The average Bonchev–Trinajstić information content (AvgIpc) is 3.28. The van der Waals surface area contributed by atoms with E-state index in [0.717, 1.165) is 44.5 Å². The van der Waals surface area contributed by atoms with Crippen LogP contribution in [0.25, 0.3) is 44.5 Å². The Morgan fingerprint density at radius 1 is 0.647 bits per heavy atom. The quantitative estimate of drug-likeness (QED) is 0.188. The molecule has 0 saturated carbocycles. The van der Waals surface area contributed by atoms with Crippen molar-refractivity contribution in [3.63, 3.8) is 0 Å². The van der Waals surface area contributed by atoms with Crippen LogP contribution in [0.1, 0.15) is 11.1 Å². The molecule has 0 fully saturated rings. The van der Waals surface area contributed by atoms with E-state index >= 15 is 0 Å². The fraction of sp³-hybridized carbons (Fsp3) is 0.0667. The number of nitrogens with zero attached hydrogens (tertiary/aromatic N) is 2. The first-order valence-electron chi connectivity index (χ1n) is 10.8. The topological polar surface area (TPSA) is 38.9 Å². The maximum Gasteiger partial charge on any atom is 0.124 e. The Labute approximate surface area is 212 Å². The number of hydrogen-bond donors (Lipinski definition) is 0. The average molecular weight is 619 g/mol. The Morgan fingerprint density at radius 2 is 1.35 bits per heavy atom. The summed E-state index contributed by atoms with van der Waals surface area (Å²) in [6.07, 6.45) is 3.58. The largest absolute Gasteiger partial charge is 0.500 e. The molecule has 0 aliphatic rings. The monoisotopic (exact) mass is 619 g/mol. The number of hydrogen-bond acceptors (Lipinski definition) is 3. The molecule has 3 heterocycles. The van der Waals surface area contributed by atoms with Gasteiger partial charge in [-0.2, -0.15) is 0 Å². The predicted molar refractivity (Wildman–Crippen MR) is 134 cm³/mol. The third-order valence-corrected chi connectivity index (χ3v) is 5.69. The summed E-state index contributed by atoms with van der Waals surface area (Å²) in [4.78, 5) is 8.64. The molecule has 0 saturated heterocycles. The Bertz CT molecular complexity index is 1470. The molecule has 3 aromatic carbocycles. The van der Waals surface area contributed by atoms with Crippen LogP contribution < -0.4 is 0 Å². The molecule has 0 spiro atoms. The first-order chi connectivity index (χ1) is 16.2. The van der Waals surface area contributed by atoms with Gasteiger partial charge < -0.3 is 14.4 Å². The number of benzene rings is 3. The van der Waals surface area contributed by atoms with Crippen molar-refractivity contribution in [3.05, 3.63) is 121 Å². The molecule has 169 valence electrons. The van der Waals surface area contributed by atoms with Crippen molar-refractivity contribution in [2.24, 2.45) is 0 Å². The zero-order chi connectivity index (χ0) is 22.6. The number of pyridine rings is 2. The molecule has 34 heavy (non-hydrogen) atoms. The summed E-state index contributed by atoms with van der Waals surface area (Å²) in [7, 11) is 0. The van der Waals surface area contributed by atoms with E-state index in [1.807, 2.05) is 66.7 Å². The number of aryl methyl sites for hydroxylation is 2. The summed E-state index contributed by atoms with van der Waals surface area (Å²) in [6.45, 7) is 4.21. The van der Waals surface area contributed by atoms with E-state index in [4.69, 9.17) is 4.42 Å². The predicted octanol–water partition coefficient (Wildman–Crippen LogP) is 7.61. The van der Waals surface area contributed by atoms with Gasteiger partial charge in [-0.25, -0.2) is 0 Å². The molecule has 0 N–H and O–H groups in total. The molecule has 0 aliphatic heterocycles. The van der Waals surface area contributed by atoms with Crippen molar-refractivity contribution in [2.45, 2.75) is 13.8 Å². The molecular weight excluding hydrogens is 597 g/mol. The van der Waals surface area contributed by atoms with Gasteiger partial charge in [0.05, 0.1) is 5.58 Å². The van der Waals surface area contributed by atoms with Gasteiger partial charge in [-0.05, 0) is 48.5 Å². The van der Waals surface area contributed by atoms with Gasteiger partial charge in [0.25, 0.3) is 0 Å². The second-order valence-corrected chi connectivity index (χ2v) is 7.79. The Morgan fingerprint density at radius 3 is 2.03 bits per heavy atom. The minimum Gasteiger partial charge on any atom is -0.500 e. The van der Waals surface area contributed by atoms with Crippen LogP contribution in [0, 0.1) is 26.0 Å². The SMILES string of the molecule is Cc1ccc2c(oc3c(-c4ccccn4)[c-]ccc32)c1C.[Ir].[c-]1ccccc1-c1ccccn1. The number of fused-ring (bicyclic) bond motifs is 3. The third-order valence-electron chi connectivity index (χ3n) is 5.69. The van der Waals surface area contributed by atoms with Crippen LogP contribution in [-0.4, -0.2) is 9.97 Å². The third kappa shape index (κ3) is 4.70. The molecule has 0 atom stereocenters. The summed E-state index contributed by atoms with van der Waals surface area (Å²) in [5, 5.41) is 2.27. The molecule has 0 aliphatic carbocycles. The molecule has 0 bridgehead atoms. The molecular formula is C30H22IrN2O-2. The van der Waals surface area contributed by atoms with Gasteiger partial charge in [-0.3, -0.25) is 0 Å². The number of aromatic nitrogens is 2. The molecule has 6 rings (SSSR count). The van der Waals surface area contributed by atoms with E-state index in [9.17, 15) is 0 Å². The standard InChI is InChI=1S/C19H14NO.C11H8N.Ir/c1-12-9-10-15-14-6-5-7-16(17-8-3-4-11-20-17)19(14)21-18(15)13(12)2;1-2-6-10(7-3-1)11-8-4-5-9-12-11;/h3-6,8-11H,1-2H3;1-6,8-9H;/q2*-1;. The Balaban J connectivity index is 0.000000180. The maximum atomic E-state index is 6.18. The van der Waals surface area contributed by atoms with E-state index in [1.54, 1.807) is 12.4 Å². The summed E-state index contributed by atoms with van der Waals surface area (Å²) >= 11 is 0. The normalized spacial score (nSPS) is 10.4. The van der Waals surface area contributed by atoms with Crippen molar-refractivity contribution in [3.8, 4) is 22.5 Å². The van der Waals surface area contributed by atoms with Gasteiger partial charge in [0.1, 0.15) is 5.58 Å². The van der Waals surface area contributed by atoms with Crippen LogP contribution in [0.3, 0.4) is 0 Å². The van der Waals surface area contributed by atoms with Gasteiger partial charge in [0, 0.05) is 37.9 Å². The molecule has 3 nitrogen and oxygen atoms in total. The zero-order valence-electron chi connectivity index (χ0n) is 18.9. The van der Waals surface area contributed by atoms with Crippen LogP contribution >= 0.6 is 0 Å². The van der Waals surface area contributed by atoms with Crippen LogP contribution in [0.2, 0.25) is 0 Å². The molecule has 1 radical (unpaired) electrons. The van der Waals surface area contributed by atoms with Crippen LogP contribution in [0.4, 0.5) is 0 Å². The molecule has 0 amide bonds. The van der Waals surface area contributed by atoms with Gasteiger partial charge in [0.2, 0.25) is 0 Å². The van der Waals surface area contributed by atoms with E-state index < -0.39 is 0 Å². The smallest absolute Gasteiger partial charge is 0.124 e. The molecule has 0 unspecified atom stereocenters. The summed E-state index contributed by atoms with van der Waals surface area (Å²) < 4.78 is 6.18. The van der Waals surface area contributed by atoms with Gasteiger partial charge in [-0.1, -0.05) is 47.3 Å². The van der Waals surface area contributed by atoms with E-state index in [2.05, 4.69) is 54.1 Å². The minimum atomic E-state index is 0. The second-order valence-electron chi connectivity index (χ2n) is 7.79. The maximum absolute atomic E-state index is 6.18. The van der Waals surface area contributed by atoms with Crippen molar-refractivity contribution < 1.29 is 24.5 Å². The zero-order valence-corrected chi connectivity index (χ0v) is 21.3. The minimum absolute atomic E-state index is 0. The first-order valence-corrected chi connectivity index (χ1v) is 10.8. The number of rotatable bonds is 2. The van der Waals surface area contributed by atoms with Crippen LogP contribution in [0.15, 0.2) is 102 Å². The summed E-state index contributed by atoms with van der Waals surface area (Å²) in [5.41, 5.74) is 8.07. The van der Waals surface area contributed by atoms with Crippen molar-refractivity contribution >= 4 is 21.9 Å². The summed E-state index contributed by atoms with van der Waals surface area (Å²) in [6, 6.07) is 34.2. The fourth-order valence-corrected chi connectivity index (χ4v) is 3.81. The molecule has 3 aromatic heterocycles. The first kappa shape index (κ1) is 23.6. The molecule has 4 heteroatoms. The van der Waals surface area contributed by atoms with E-state index in [0.29, 0.717) is 0 Å². The Hall–Kier alpha value is -3.59. The van der Waals surface area contributed by atoms with Crippen molar-refractivity contribution in [1.29, 1.82) is 0 Å². The second kappa shape index (κ2) is 10.6. The Kier molecular flexibility index (Phi) is 7.32. The van der Waals surface area contributed by atoms with Gasteiger partial charge in [0.15, 0.2) is 0 Å². The van der Waals surface area contributed by atoms with Gasteiger partial charge in [-0.15, -0.1) is 54.1 Å². The molecule has 6 aromatic rings. The van der Waals surface area contributed by atoms with E-state index in [1.165, 1.54) is 11.1 Å². The van der Waals surface area contributed by atoms with Crippen molar-refractivity contribution in [1.82, 2.24) is 9.97 Å². The van der Waals surface area contributed by atoms with Crippen LogP contribution in [0.5, 0.6) is 0 Å². The summed E-state index contributed by atoms with van der Waals surface area (Å²) in [5.74, 6) is 0. The van der Waals surface area contributed by atoms with Crippen molar-refractivity contribution in [2.75, 3.05) is 0 Å². The number of furan rings is 1. The van der Waals surface area contributed by atoms with Gasteiger partial charge >= 0.3 is 0 Å². The van der Waals surface area contributed by atoms with E-state index in [-0.39, 0.29) is 20.1 Å². The fourth-order valence-electron chi connectivity index (χ4n) is 3.81. The van der Waals surface area contributed by atoms with Crippen LogP contribution in [-0.2, 0) is 20.1 Å².